The second kappa shape index (κ2) is 4.93. The monoisotopic (exact) mass is 240 g/mol. The maximum absolute atomic E-state index is 11.3. The Morgan fingerprint density at radius 3 is 3.06 bits per heavy atom. The van der Waals surface area contributed by atoms with Crippen molar-refractivity contribution >= 4 is 17.3 Å². The van der Waals surface area contributed by atoms with Crippen molar-refractivity contribution < 1.29 is 9.53 Å². The fourth-order valence-electron chi connectivity index (χ4n) is 1.80. The van der Waals surface area contributed by atoms with Crippen LogP contribution in [0.15, 0.2) is 5.51 Å². The van der Waals surface area contributed by atoms with Crippen LogP contribution in [-0.4, -0.2) is 24.6 Å². The largest absolute Gasteiger partial charge is 0.469 e. The second-order valence-electron chi connectivity index (χ2n) is 4.09. The van der Waals surface area contributed by atoms with E-state index in [1.54, 1.807) is 11.3 Å². The summed E-state index contributed by atoms with van der Waals surface area (Å²) in [7, 11) is 1.41. The molecule has 2 N–H and O–H groups in total. The molecular formula is C11H16N2O2S. The Labute approximate surface area is 98.8 Å². The van der Waals surface area contributed by atoms with E-state index in [0.717, 1.165) is 5.69 Å². The molecule has 4 nitrogen and oxygen atoms in total. The van der Waals surface area contributed by atoms with Crippen molar-refractivity contribution in [3.8, 4) is 0 Å². The molecule has 0 bridgehead atoms. The lowest BCUT2D eigenvalue weighted by Crippen LogP contribution is -2.17. The standard InChI is InChI=1S/C11H16N2O2S/c1-15-9(14)4-8(5-12)11-10(7-2-3-7)13-6-16-11/h6-8H,2-5,12H2,1H3. The zero-order valence-electron chi connectivity index (χ0n) is 9.31. The van der Waals surface area contributed by atoms with Crippen LogP contribution in [0.1, 0.15) is 41.7 Å². The summed E-state index contributed by atoms with van der Waals surface area (Å²) >= 11 is 1.60. The van der Waals surface area contributed by atoms with E-state index in [0.29, 0.717) is 18.9 Å². The maximum atomic E-state index is 11.3. The summed E-state index contributed by atoms with van der Waals surface area (Å²) in [5, 5.41) is 0. The van der Waals surface area contributed by atoms with Gasteiger partial charge in [0.05, 0.1) is 24.7 Å². The molecule has 1 unspecified atom stereocenters. The van der Waals surface area contributed by atoms with Crippen LogP contribution in [0.25, 0.3) is 0 Å². The highest BCUT2D eigenvalue weighted by atomic mass is 32.1. The van der Waals surface area contributed by atoms with Crippen molar-refractivity contribution in [3.63, 3.8) is 0 Å². The van der Waals surface area contributed by atoms with Gasteiger partial charge in [0.1, 0.15) is 0 Å². The Morgan fingerprint density at radius 2 is 2.50 bits per heavy atom. The smallest absolute Gasteiger partial charge is 0.306 e. The normalized spacial score (nSPS) is 17.1. The molecule has 1 fully saturated rings. The van der Waals surface area contributed by atoms with Gasteiger partial charge in [0, 0.05) is 23.3 Å². The predicted molar refractivity (Wildman–Crippen MR) is 62.5 cm³/mol. The van der Waals surface area contributed by atoms with Crippen LogP contribution in [-0.2, 0) is 9.53 Å². The third kappa shape index (κ3) is 2.41. The number of carbonyl (C=O) groups is 1. The van der Waals surface area contributed by atoms with Crippen molar-refractivity contribution in [1.29, 1.82) is 0 Å². The van der Waals surface area contributed by atoms with Gasteiger partial charge in [0.2, 0.25) is 0 Å². The third-order valence-corrected chi connectivity index (χ3v) is 3.89. The zero-order chi connectivity index (χ0) is 11.5. The molecule has 5 heteroatoms. The maximum Gasteiger partial charge on any atom is 0.306 e. The molecule has 1 aliphatic rings. The summed E-state index contributed by atoms with van der Waals surface area (Å²) in [5.41, 5.74) is 8.73. The van der Waals surface area contributed by atoms with Gasteiger partial charge in [-0.15, -0.1) is 11.3 Å². The molecule has 1 aromatic heterocycles. The molecule has 0 radical (unpaired) electrons. The molecule has 88 valence electrons. The summed E-state index contributed by atoms with van der Waals surface area (Å²) in [6, 6.07) is 0. The molecule has 0 aromatic carbocycles. The first-order valence-corrected chi connectivity index (χ1v) is 6.34. The van der Waals surface area contributed by atoms with E-state index in [1.165, 1.54) is 24.8 Å². The average molecular weight is 240 g/mol. The van der Waals surface area contributed by atoms with Gasteiger partial charge >= 0.3 is 5.97 Å². The van der Waals surface area contributed by atoms with Crippen LogP contribution in [0.4, 0.5) is 0 Å². The lowest BCUT2D eigenvalue weighted by Gasteiger charge is -2.12. The fraction of sp³-hybridized carbons (Fsp3) is 0.636. The van der Waals surface area contributed by atoms with E-state index in [2.05, 4.69) is 9.72 Å². The van der Waals surface area contributed by atoms with E-state index >= 15 is 0 Å². The summed E-state index contributed by atoms with van der Waals surface area (Å²) in [6.45, 7) is 0.469. The zero-order valence-corrected chi connectivity index (χ0v) is 10.1. The number of ether oxygens (including phenoxy) is 1. The van der Waals surface area contributed by atoms with Crippen molar-refractivity contribution in [3.05, 3.63) is 16.1 Å². The summed E-state index contributed by atoms with van der Waals surface area (Å²) in [6.07, 6.45) is 2.79. The van der Waals surface area contributed by atoms with Gasteiger partial charge in [0.25, 0.3) is 0 Å². The van der Waals surface area contributed by atoms with E-state index in [9.17, 15) is 4.79 Å². The Bertz CT molecular complexity index is 374. The van der Waals surface area contributed by atoms with Crippen molar-refractivity contribution in [1.82, 2.24) is 4.98 Å². The number of thiazole rings is 1. The first kappa shape index (κ1) is 11.5. The first-order valence-electron chi connectivity index (χ1n) is 5.46. The summed E-state index contributed by atoms with van der Waals surface area (Å²) in [4.78, 5) is 16.8. The van der Waals surface area contributed by atoms with Crippen LogP contribution in [0.2, 0.25) is 0 Å². The van der Waals surface area contributed by atoms with Crippen molar-refractivity contribution in [2.45, 2.75) is 31.1 Å². The minimum absolute atomic E-state index is 0.0653. The van der Waals surface area contributed by atoms with Crippen LogP contribution in [0.3, 0.4) is 0 Å². The second-order valence-corrected chi connectivity index (χ2v) is 4.98. The molecule has 16 heavy (non-hydrogen) atoms. The molecule has 1 aromatic rings. The van der Waals surface area contributed by atoms with Gasteiger partial charge in [-0.2, -0.15) is 0 Å². The van der Waals surface area contributed by atoms with Crippen LogP contribution >= 0.6 is 11.3 Å². The van der Waals surface area contributed by atoms with Gasteiger partial charge in [-0.3, -0.25) is 4.79 Å². The molecular weight excluding hydrogens is 224 g/mol. The van der Waals surface area contributed by atoms with Gasteiger partial charge in [0.15, 0.2) is 0 Å². The number of methoxy groups -OCH3 is 1. The highest BCUT2D eigenvalue weighted by Crippen LogP contribution is 2.44. The van der Waals surface area contributed by atoms with E-state index in [-0.39, 0.29) is 11.9 Å². The molecule has 1 aliphatic carbocycles. The first-order chi connectivity index (χ1) is 7.76. The van der Waals surface area contributed by atoms with E-state index < -0.39 is 0 Å². The number of rotatable bonds is 5. The fourth-order valence-corrected chi connectivity index (χ4v) is 2.79. The number of nitrogens with zero attached hydrogens (tertiary/aromatic N) is 1. The SMILES string of the molecule is COC(=O)CC(CN)c1scnc1C1CC1. The van der Waals surface area contributed by atoms with Gasteiger partial charge in [-0.05, 0) is 12.8 Å². The Balaban J connectivity index is 2.12. The number of aromatic nitrogens is 1. The van der Waals surface area contributed by atoms with Crippen LogP contribution in [0, 0.1) is 0 Å². The van der Waals surface area contributed by atoms with Crippen molar-refractivity contribution in [2.75, 3.05) is 13.7 Å². The molecule has 2 rings (SSSR count). The predicted octanol–water partition coefficient (Wildman–Crippen LogP) is 1.63. The molecule has 0 spiro atoms. The third-order valence-electron chi connectivity index (χ3n) is 2.88. The van der Waals surface area contributed by atoms with Crippen molar-refractivity contribution in [2.24, 2.45) is 5.73 Å². The molecule has 1 atom stereocenters. The number of hydrogen-bond donors (Lipinski definition) is 1. The summed E-state index contributed by atoms with van der Waals surface area (Å²) in [5.74, 6) is 0.467. The highest BCUT2D eigenvalue weighted by Gasteiger charge is 2.31. The summed E-state index contributed by atoms with van der Waals surface area (Å²) < 4.78 is 4.69. The molecule has 1 heterocycles. The Hall–Kier alpha value is -0.940. The van der Waals surface area contributed by atoms with E-state index in [4.69, 9.17) is 5.73 Å². The van der Waals surface area contributed by atoms with E-state index in [1.807, 2.05) is 5.51 Å². The molecule has 0 aliphatic heterocycles. The van der Waals surface area contributed by atoms with Crippen LogP contribution < -0.4 is 5.73 Å². The number of carbonyl (C=O) groups excluding carboxylic acids is 1. The number of hydrogen-bond acceptors (Lipinski definition) is 5. The topological polar surface area (TPSA) is 65.2 Å². The number of nitrogens with two attached hydrogens (primary N) is 1. The molecule has 0 saturated heterocycles. The Morgan fingerprint density at radius 1 is 1.75 bits per heavy atom. The number of esters is 1. The van der Waals surface area contributed by atoms with Gasteiger partial charge < -0.3 is 10.5 Å². The molecule has 0 amide bonds. The lowest BCUT2D eigenvalue weighted by molar-refractivity contribution is -0.141. The van der Waals surface area contributed by atoms with Gasteiger partial charge in [-0.1, -0.05) is 0 Å². The molecule has 1 saturated carbocycles. The lowest BCUT2D eigenvalue weighted by atomic mass is 10.0. The van der Waals surface area contributed by atoms with Crippen LogP contribution in [0.5, 0.6) is 0 Å². The highest BCUT2D eigenvalue weighted by molar-refractivity contribution is 7.09. The minimum atomic E-state index is -0.203. The van der Waals surface area contributed by atoms with Gasteiger partial charge in [-0.25, -0.2) is 4.98 Å². The Kier molecular flexibility index (Phi) is 3.56. The quantitative estimate of drug-likeness (QED) is 0.794. The minimum Gasteiger partial charge on any atom is -0.469 e. The average Bonchev–Trinajstić information content (AvgIpc) is 3.04.